The lowest BCUT2D eigenvalue weighted by atomic mass is 10.1. The molecule has 0 saturated carbocycles. The molecule has 0 aliphatic rings. The van der Waals surface area contributed by atoms with Gasteiger partial charge in [0, 0.05) is 23.1 Å². The largest absolute Gasteiger partial charge is 0.342 e. The SMILES string of the molecule is C=CCn1c(SCC(=O)Nc2nc(-c3ccc(C)cc3)cs2)nnc1[C@H](C)NC(=O)c1ccccc1. The molecule has 0 radical (unpaired) electrons. The molecule has 0 aliphatic heterocycles. The number of allylic oxidation sites excluding steroid dienone is 1. The predicted octanol–water partition coefficient (Wildman–Crippen LogP) is 5.12. The molecule has 0 fully saturated rings. The number of hydrogen-bond donors (Lipinski definition) is 2. The summed E-state index contributed by atoms with van der Waals surface area (Å²) >= 11 is 2.65. The van der Waals surface area contributed by atoms with Gasteiger partial charge in [-0.1, -0.05) is 65.9 Å². The van der Waals surface area contributed by atoms with Gasteiger partial charge in [-0.2, -0.15) is 0 Å². The molecule has 2 heterocycles. The van der Waals surface area contributed by atoms with E-state index in [2.05, 4.69) is 32.4 Å². The van der Waals surface area contributed by atoms with Crippen molar-refractivity contribution in [3.63, 3.8) is 0 Å². The second-order valence-corrected chi connectivity index (χ2v) is 9.84. The summed E-state index contributed by atoms with van der Waals surface area (Å²) < 4.78 is 1.85. The van der Waals surface area contributed by atoms with Crippen LogP contribution in [0.15, 0.2) is 77.8 Å². The molecule has 1 atom stereocenters. The van der Waals surface area contributed by atoms with Crippen molar-refractivity contribution >= 4 is 40.0 Å². The number of amides is 2. The summed E-state index contributed by atoms with van der Waals surface area (Å²) in [5.74, 6) is 0.340. The van der Waals surface area contributed by atoms with Crippen molar-refractivity contribution in [3.8, 4) is 11.3 Å². The van der Waals surface area contributed by atoms with Crippen molar-refractivity contribution < 1.29 is 9.59 Å². The highest BCUT2D eigenvalue weighted by atomic mass is 32.2. The number of aromatic nitrogens is 4. The Morgan fingerprint density at radius 1 is 1.14 bits per heavy atom. The third-order valence-electron chi connectivity index (χ3n) is 5.26. The second kappa shape index (κ2) is 11.8. The van der Waals surface area contributed by atoms with Crippen LogP contribution in [-0.2, 0) is 11.3 Å². The molecule has 4 rings (SSSR count). The Kier molecular flexibility index (Phi) is 8.29. The summed E-state index contributed by atoms with van der Waals surface area (Å²) in [6.07, 6.45) is 1.73. The molecule has 0 unspecified atom stereocenters. The lowest BCUT2D eigenvalue weighted by Gasteiger charge is -2.15. The highest BCUT2D eigenvalue weighted by molar-refractivity contribution is 7.99. The van der Waals surface area contributed by atoms with E-state index in [9.17, 15) is 9.59 Å². The van der Waals surface area contributed by atoms with Crippen LogP contribution in [0.25, 0.3) is 11.3 Å². The van der Waals surface area contributed by atoms with Crippen LogP contribution in [0.2, 0.25) is 0 Å². The van der Waals surface area contributed by atoms with Gasteiger partial charge in [0.1, 0.15) is 0 Å². The number of nitrogens with one attached hydrogen (secondary N) is 2. The minimum absolute atomic E-state index is 0.138. The Morgan fingerprint density at radius 3 is 2.61 bits per heavy atom. The Morgan fingerprint density at radius 2 is 1.89 bits per heavy atom. The summed E-state index contributed by atoms with van der Waals surface area (Å²) in [6, 6.07) is 16.7. The van der Waals surface area contributed by atoms with E-state index in [4.69, 9.17) is 0 Å². The molecular weight excluding hydrogens is 492 g/mol. The number of carbonyl (C=O) groups is 2. The van der Waals surface area contributed by atoms with Crippen molar-refractivity contribution in [1.82, 2.24) is 25.1 Å². The standard InChI is InChI=1S/C26H26N6O2S2/c1-4-14-32-23(18(3)27-24(34)20-8-6-5-7-9-20)30-31-26(32)36-16-22(33)29-25-28-21(15-35-25)19-12-10-17(2)11-13-19/h4-13,15,18H,1,14,16H2,2-3H3,(H,27,34)(H,28,29,33)/t18-/m0/s1. The molecule has 10 heteroatoms. The molecule has 184 valence electrons. The minimum Gasteiger partial charge on any atom is -0.342 e. The summed E-state index contributed by atoms with van der Waals surface area (Å²) in [5.41, 5.74) is 3.58. The predicted molar refractivity (Wildman–Crippen MR) is 144 cm³/mol. The fourth-order valence-corrected chi connectivity index (χ4v) is 4.93. The number of rotatable bonds is 10. The minimum atomic E-state index is -0.385. The summed E-state index contributed by atoms with van der Waals surface area (Å²) in [5, 5.41) is 17.4. The maximum Gasteiger partial charge on any atom is 0.251 e. The number of aryl methyl sites for hydroxylation is 1. The molecule has 8 nitrogen and oxygen atoms in total. The first-order chi connectivity index (χ1) is 17.4. The molecule has 2 aromatic carbocycles. The van der Waals surface area contributed by atoms with Crippen LogP contribution in [0.5, 0.6) is 0 Å². The van der Waals surface area contributed by atoms with E-state index in [1.807, 2.05) is 66.3 Å². The summed E-state index contributed by atoms with van der Waals surface area (Å²) in [4.78, 5) is 29.7. The molecule has 0 saturated heterocycles. The second-order valence-electron chi connectivity index (χ2n) is 8.04. The van der Waals surface area contributed by atoms with Gasteiger partial charge in [-0.3, -0.25) is 9.59 Å². The van der Waals surface area contributed by atoms with Gasteiger partial charge < -0.3 is 15.2 Å². The van der Waals surface area contributed by atoms with Crippen molar-refractivity contribution in [1.29, 1.82) is 0 Å². The van der Waals surface area contributed by atoms with Crippen molar-refractivity contribution in [3.05, 3.63) is 89.6 Å². The molecule has 2 amide bonds. The van der Waals surface area contributed by atoms with Crippen LogP contribution in [0.4, 0.5) is 5.13 Å². The monoisotopic (exact) mass is 518 g/mol. The summed E-state index contributed by atoms with van der Waals surface area (Å²) in [6.45, 7) is 8.14. The van der Waals surface area contributed by atoms with E-state index in [0.717, 1.165) is 11.3 Å². The Balaban J connectivity index is 1.37. The Labute approximate surface area is 217 Å². The van der Waals surface area contributed by atoms with Crippen LogP contribution in [0, 0.1) is 6.92 Å². The van der Waals surface area contributed by atoms with E-state index < -0.39 is 0 Å². The molecule has 36 heavy (non-hydrogen) atoms. The fourth-order valence-electron chi connectivity index (χ4n) is 3.44. The first-order valence-electron chi connectivity index (χ1n) is 11.3. The van der Waals surface area contributed by atoms with Crippen molar-refractivity contribution in [2.45, 2.75) is 31.6 Å². The zero-order valence-electron chi connectivity index (χ0n) is 20.0. The molecule has 0 spiro atoms. The van der Waals surface area contributed by atoms with Gasteiger partial charge >= 0.3 is 0 Å². The number of benzene rings is 2. The normalized spacial score (nSPS) is 11.6. The number of thioether (sulfide) groups is 1. The highest BCUT2D eigenvalue weighted by Gasteiger charge is 2.20. The molecule has 2 aromatic heterocycles. The van der Waals surface area contributed by atoms with Gasteiger partial charge in [-0.05, 0) is 26.0 Å². The van der Waals surface area contributed by atoms with Gasteiger partial charge in [-0.25, -0.2) is 4.98 Å². The van der Waals surface area contributed by atoms with Crippen LogP contribution < -0.4 is 10.6 Å². The van der Waals surface area contributed by atoms with Gasteiger partial charge in [-0.15, -0.1) is 28.1 Å². The van der Waals surface area contributed by atoms with E-state index >= 15 is 0 Å². The molecule has 0 aliphatic carbocycles. The Hall–Kier alpha value is -3.76. The topological polar surface area (TPSA) is 102 Å². The number of anilines is 1. The van der Waals surface area contributed by atoms with Crippen molar-refractivity contribution in [2.75, 3.05) is 11.1 Å². The summed E-state index contributed by atoms with van der Waals surface area (Å²) in [7, 11) is 0. The highest BCUT2D eigenvalue weighted by Crippen LogP contribution is 2.26. The van der Waals surface area contributed by atoms with Gasteiger partial charge in [0.25, 0.3) is 5.91 Å². The number of hydrogen-bond acceptors (Lipinski definition) is 7. The first-order valence-corrected chi connectivity index (χ1v) is 13.2. The van der Waals surface area contributed by atoms with E-state index in [1.165, 1.54) is 28.7 Å². The molecular formula is C26H26N6O2S2. The lowest BCUT2D eigenvalue weighted by Crippen LogP contribution is -2.28. The average molecular weight is 519 g/mol. The van der Waals surface area contributed by atoms with E-state index in [0.29, 0.717) is 28.2 Å². The third-order valence-corrected chi connectivity index (χ3v) is 6.98. The van der Waals surface area contributed by atoms with Crippen LogP contribution in [-0.4, -0.2) is 37.3 Å². The maximum absolute atomic E-state index is 12.6. The van der Waals surface area contributed by atoms with Gasteiger partial charge in [0.2, 0.25) is 5.91 Å². The van der Waals surface area contributed by atoms with Crippen LogP contribution in [0.3, 0.4) is 0 Å². The van der Waals surface area contributed by atoms with Crippen LogP contribution >= 0.6 is 23.1 Å². The van der Waals surface area contributed by atoms with Gasteiger partial charge in [0.15, 0.2) is 16.1 Å². The van der Waals surface area contributed by atoms with Gasteiger partial charge in [0.05, 0.1) is 17.5 Å². The maximum atomic E-state index is 12.6. The zero-order chi connectivity index (χ0) is 25.5. The number of nitrogens with zero attached hydrogens (tertiary/aromatic N) is 4. The van der Waals surface area contributed by atoms with E-state index in [-0.39, 0.29) is 23.6 Å². The van der Waals surface area contributed by atoms with E-state index in [1.54, 1.807) is 18.2 Å². The van der Waals surface area contributed by atoms with Crippen molar-refractivity contribution in [2.24, 2.45) is 0 Å². The number of thiazole rings is 1. The first kappa shape index (κ1) is 25.3. The average Bonchev–Trinajstić information content (AvgIpc) is 3.51. The third kappa shape index (κ3) is 6.27. The fraction of sp³-hybridized carbons (Fsp3) is 0.192. The number of carbonyl (C=O) groups excluding carboxylic acids is 2. The zero-order valence-corrected chi connectivity index (χ0v) is 21.6. The quantitative estimate of drug-likeness (QED) is 0.223. The molecule has 4 aromatic rings. The Bertz CT molecular complexity index is 1350. The lowest BCUT2D eigenvalue weighted by molar-refractivity contribution is -0.113. The smallest absolute Gasteiger partial charge is 0.251 e. The molecule has 2 N–H and O–H groups in total. The van der Waals surface area contributed by atoms with Crippen LogP contribution in [0.1, 0.15) is 34.7 Å². The molecule has 0 bridgehead atoms.